The van der Waals surface area contributed by atoms with Crippen molar-refractivity contribution in [2.24, 2.45) is 0 Å². The molecule has 0 aromatic heterocycles. The second kappa shape index (κ2) is 7.14. The van der Waals surface area contributed by atoms with Crippen molar-refractivity contribution in [1.82, 2.24) is 10.6 Å². The van der Waals surface area contributed by atoms with Crippen LogP contribution in [0.5, 0.6) is 5.75 Å². The van der Waals surface area contributed by atoms with Gasteiger partial charge in [0.05, 0.1) is 13.7 Å². The highest BCUT2D eigenvalue weighted by Gasteiger charge is 2.10. The van der Waals surface area contributed by atoms with Crippen molar-refractivity contribution in [3.05, 3.63) is 29.8 Å². The van der Waals surface area contributed by atoms with Gasteiger partial charge in [-0.05, 0) is 44.9 Å². The summed E-state index contributed by atoms with van der Waals surface area (Å²) in [7, 11) is 1.65. The molecule has 4 heteroatoms. The lowest BCUT2D eigenvalue weighted by atomic mass is 10.1. The predicted molar refractivity (Wildman–Crippen MR) is 77.5 cm³/mol. The molecule has 0 saturated heterocycles. The van der Waals surface area contributed by atoms with Crippen molar-refractivity contribution in [2.45, 2.75) is 32.7 Å². The average Bonchev–Trinajstić information content (AvgIpc) is 2.36. The fourth-order valence-electron chi connectivity index (χ4n) is 1.58. The van der Waals surface area contributed by atoms with Crippen LogP contribution in [-0.4, -0.2) is 31.6 Å². The van der Waals surface area contributed by atoms with E-state index in [0.717, 1.165) is 17.7 Å². The van der Waals surface area contributed by atoms with E-state index in [1.807, 2.05) is 45.0 Å². The molecule has 0 fully saturated rings. The Balaban J connectivity index is 2.28. The Bertz CT molecular complexity index is 411. The summed E-state index contributed by atoms with van der Waals surface area (Å²) in [5, 5.41) is 6.06. The van der Waals surface area contributed by atoms with Gasteiger partial charge in [-0.25, -0.2) is 0 Å². The molecular formula is C15H24N2O2. The van der Waals surface area contributed by atoms with E-state index in [0.29, 0.717) is 13.1 Å². The van der Waals surface area contributed by atoms with E-state index < -0.39 is 0 Å². The minimum absolute atomic E-state index is 0.0258. The van der Waals surface area contributed by atoms with Gasteiger partial charge in [0.2, 0.25) is 5.91 Å². The molecule has 0 atom stereocenters. The third-order valence-corrected chi connectivity index (χ3v) is 2.65. The van der Waals surface area contributed by atoms with Crippen LogP contribution in [0.3, 0.4) is 0 Å². The highest BCUT2D eigenvalue weighted by molar-refractivity contribution is 5.78. The molecule has 0 aliphatic heterocycles. The maximum absolute atomic E-state index is 11.6. The van der Waals surface area contributed by atoms with Crippen LogP contribution in [0, 0.1) is 0 Å². The summed E-state index contributed by atoms with van der Waals surface area (Å²) >= 11 is 0. The monoisotopic (exact) mass is 264 g/mol. The van der Waals surface area contributed by atoms with Crippen LogP contribution in [0.1, 0.15) is 26.3 Å². The van der Waals surface area contributed by atoms with Crippen LogP contribution < -0.4 is 15.4 Å². The van der Waals surface area contributed by atoms with Crippen LogP contribution in [0.15, 0.2) is 24.3 Å². The Morgan fingerprint density at radius 1 is 1.32 bits per heavy atom. The number of nitrogens with one attached hydrogen (secondary N) is 2. The van der Waals surface area contributed by atoms with Gasteiger partial charge >= 0.3 is 0 Å². The molecule has 0 aliphatic carbocycles. The van der Waals surface area contributed by atoms with Crippen molar-refractivity contribution in [3.63, 3.8) is 0 Å². The number of hydrogen-bond donors (Lipinski definition) is 2. The zero-order valence-electron chi connectivity index (χ0n) is 12.2. The van der Waals surface area contributed by atoms with E-state index in [9.17, 15) is 4.79 Å². The standard InChI is InChI=1S/C15H24N2O2/c1-15(2,3)17-11-14(18)16-9-8-12-6-5-7-13(10-12)19-4/h5-7,10,17H,8-9,11H2,1-4H3,(H,16,18). The quantitative estimate of drug-likeness (QED) is 0.823. The summed E-state index contributed by atoms with van der Waals surface area (Å²) < 4.78 is 5.16. The van der Waals surface area contributed by atoms with E-state index in [1.54, 1.807) is 7.11 Å². The minimum atomic E-state index is -0.0376. The van der Waals surface area contributed by atoms with Crippen LogP contribution in [0.4, 0.5) is 0 Å². The third-order valence-electron chi connectivity index (χ3n) is 2.65. The summed E-state index contributed by atoms with van der Waals surface area (Å²) in [5.41, 5.74) is 1.12. The minimum Gasteiger partial charge on any atom is -0.497 e. The number of carbonyl (C=O) groups is 1. The second-order valence-corrected chi connectivity index (χ2v) is 5.56. The number of rotatable bonds is 6. The van der Waals surface area contributed by atoms with Crippen molar-refractivity contribution < 1.29 is 9.53 Å². The van der Waals surface area contributed by atoms with Gasteiger partial charge in [-0.2, -0.15) is 0 Å². The molecule has 1 rings (SSSR count). The normalized spacial score (nSPS) is 11.2. The molecule has 0 aliphatic rings. The highest BCUT2D eigenvalue weighted by atomic mass is 16.5. The Morgan fingerprint density at radius 2 is 2.05 bits per heavy atom. The zero-order chi connectivity index (χ0) is 14.3. The van der Waals surface area contributed by atoms with Crippen molar-refractivity contribution in [1.29, 1.82) is 0 Å². The summed E-state index contributed by atoms with van der Waals surface area (Å²) in [6, 6.07) is 7.88. The topological polar surface area (TPSA) is 50.4 Å². The first-order valence-corrected chi connectivity index (χ1v) is 6.55. The van der Waals surface area contributed by atoms with Gasteiger partial charge in [0.25, 0.3) is 0 Å². The number of amides is 1. The first-order chi connectivity index (χ1) is 8.90. The Hall–Kier alpha value is -1.55. The van der Waals surface area contributed by atoms with Crippen LogP contribution in [-0.2, 0) is 11.2 Å². The van der Waals surface area contributed by atoms with Gasteiger partial charge in [0.15, 0.2) is 0 Å². The summed E-state index contributed by atoms with van der Waals surface area (Å²) in [6.45, 7) is 7.10. The van der Waals surface area contributed by atoms with Gasteiger partial charge in [-0.3, -0.25) is 4.79 Å². The summed E-state index contributed by atoms with van der Waals surface area (Å²) in [4.78, 5) is 11.6. The number of carbonyl (C=O) groups excluding carboxylic acids is 1. The molecule has 0 heterocycles. The fourth-order valence-corrected chi connectivity index (χ4v) is 1.58. The highest BCUT2D eigenvalue weighted by Crippen LogP contribution is 2.12. The molecule has 0 unspecified atom stereocenters. The van der Waals surface area contributed by atoms with Crippen LogP contribution >= 0.6 is 0 Å². The third kappa shape index (κ3) is 6.82. The average molecular weight is 264 g/mol. The van der Waals surface area contributed by atoms with E-state index in [-0.39, 0.29) is 11.4 Å². The maximum atomic E-state index is 11.6. The van der Waals surface area contributed by atoms with Crippen molar-refractivity contribution in [3.8, 4) is 5.75 Å². The lowest BCUT2D eigenvalue weighted by molar-refractivity contribution is -0.120. The van der Waals surface area contributed by atoms with Gasteiger partial charge < -0.3 is 15.4 Å². The van der Waals surface area contributed by atoms with E-state index >= 15 is 0 Å². The largest absolute Gasteiger partial charge is 0.497 e. The lowest BCUT2D eigenvalue weighted by Gasteiger charge is -2.20. The Kier molecular flexibility index (Phi) is 5.83. The SMILES string of the molecule is COc1cccc(CCNC(=O)CNC(C)(C)C)c1. The molecule has 106 valence electrons. The van der Waals surface area contributed by atoms with Gasteiger partial charge in [-0.1, -0.05) is 12.1 Å². The number of benzene rings is 1. The zero-order valence-corrected chi connectivity index (χ0v) is 12.2. The van der Waals surface area contributed by atoms with E-state index in [1.165, 1.54) is 0 Å². The summed E-state index contributed by atoms with van der Waals surface area (Å²) in [5.74, 6) is 0.871. The van der Waals surface area contributed by atoms with Gasteiger partial charge in [0.1, 0.15) is 5.75 Å². The smallest absolute Gasteiger partial charge is 0.233 e. The number of methoxy groups -OCH3 is 1. The molecule has 0 spiro atoms. The van der Waals surface area contributed by atoms with Crippen LogP contribution in [0.25, 0.3) is 0 Å². The molecule has 0 radical (unpaired) electrons. The lowest BCUT2D eigenvalue weighted by Crippen LogP contribution is -2.43. The first kappa shape index (κ1) is 15.5. The maximum Gasteiger partial charge on any atom is 0.233 e. The second-order valence-electron chi connectivity index (χ2n) is 5.56. The summed E-state index contributed by atoms with van der Waals surface area (Å²) in [6.07, 6.45) is 0.804. The van der Waals surface area contributed by atoms with E-state index in [4.69, 9.17) is 4.74 Å². The molecule has 1 amide bonds. The molecular weight excluding hydrogens is 240 g/mol. The molecule has 1 aromatic carbocycles. The fraction of sp³-hybridized carbons (Fsp3) is 0.533. The first-order valence-electron chi connectivity index (χ1n) is 6.55. The van der Waals surface area contributed by atoms with E-state index in [2.05, 4.69) is 10.6 Å². The Morgan fingerprint density at radius 3 is 2.68 bits per heavy atom. The molecule has 0 saturated carbocycles. The Labute approximate surface area is 115 Å². The van der Waals surface area contributed by atoms with Crippen molar-refractivity contribution >= 4 is 5.91 Å². The number of hydrogen-bond acceptors (Lipinski definition) is 3. The van der Waals surface area contributed by atoms with Gasteiger partial charge in [0, 0.05) is 12.1 Å². The predicted octanol–water partition coefficient (Wildman–Crippen LogP) is 1.74. The van der Waals surface area contributed by atoms with Gasteiger partial charge in [-0.15, -0.1) is 0 Å². The molecule has 4 nitrogen and oxygen atoms in total. The van der Waals surface area contributed by atoms with Crippen molar-refractivity contribution in [2.75, 3.05) is 20.2 Å². The molecule has 1 aromatic rings. The van der Waals surface area contributed by atoms with Crippen LogP contribution in [0.2, 0.25) is 0 Å². The molecule has 0 bridgehead atoms. The molecule has 2 N–H and O–H groups in total. The molecule has 19 heavy (non-hydrogen) atoms. The number of ether oxygens (including phenoxy) is 1.